The molecule has 42 heavy (non-hydrogen) atoms. The number of rotatable bonds is 13. The molecule has 10 heteroatoms. The first-order chi connectivity index (χ1) is 20.4. The minimum atomic E-state index is -1.36. The summed E-state index contributed by atoms with van der Waals surface area (Å²) < 4.78 is 22.5. The number of ether oxygens (including phenoxy) is 4. The maximum absolute atomic E-state index is 12.9. The highest BCUT2D eigenvalue weighted by Crippen LogP contribution is 2.21. The number of hydrazone groups is 1. The molecular weight excluding hydrogens is 579 g/mol. The first-order valence-electron chi connectivity index (χ1n) is 13.1. The predicted molar refractivity (Wildman–Crippen MR) is 162 cm³/mol. The van der Waals surface area contributed by atoms with Crippen molar-refractivity contribution in [1.82, 2.24) is 5.43 Å². The van der Waals surface area contributed by atoms with E-state index >= 15 is 0 Å². The second-order valence-corrected chi connectivity index (χ2v) is 9.77. The Balaban J connectivity index is 1.33. The molecule has 0 aliphatic rings. The fraction of sp³-hybridized carbons (Fsp3) is 0.156. The number of carbonyl (C=O) groups is 2. The summed E-state index contributed by atoms with van der Waals surface area (Å²) >= 11 is 11.9. The molecule has 1 N–H and O–H groups in total. The van der Waals surface area contributed by atoms with Crippen molar-refractivity contribution in [2.45, 2.75) is 26.1 Å². The Labute approximate surface area is 253 Å². The SMILES string of the molecule is CCCCOc1ccc(C(=O)Oc2ccc(/C=N\NC(=O)C(Oc3ccc(Cl)cc3)Oc3ccc(Cl)cc3)cc2)cc1. The Kier molecular flexibility index (Phi) is 11.2. The number of esters is 1. The summed E-state index contributed by atoms with van der Waals surface area (Å²) in [5.41, 5.74) is 3.47. The number of hydrogen-bond donors (Lipinski definition) is 1. The molecule has 0 fully saturated rings. The van der Waals surface area contributed by atoms with Crippen LogP contribution in [0.5, 0.6) is 23.0 Å². The minimum Gasteiger partial charge on any atom is -0.494 e. The molecule has 0 saturated carbocycles. The van der Waals surface area contributed by atoms with E-state index in [9.17, 15) is 9.59 Å². The lowest BCUT2D eigenvalue weighted by molar-refractivity contribution is -0.140. The first kappa shape index (κ1) is 30.4. The predicted octanol–water partition coefficient (Wildman–Crippen LogP) is 7.33. The van der Waals surface area contributed by atoms with Crippen molar-refractivity contribution in [2.24, 2.45) is 5.10 Å². The third-order valence-electron chi connectivity index (χ3n) is 5.66. The average molecular weight is 607 g/mol. The number of hydrogen-bond acceptors (Lipinski definition) is 7. The van der Waals surface area contributed by atoms with E-state index in [1.165, 1.54) is 6.21 Å². The van der Waals surface area contributed by atoms with Gasteiger partial charge >= 0.3 is 18.2 Å². The normalized spacial score (nSPS) is 10.9. The first-order valence-corrected chi connectivity index (χ1v) is 13.9. The second kappa shape index (κ2) is 15.5. The van der Waals surface area contributed by atoms with Crippen LogP contribution in [0.25, 0.3) is 0 Å². The van der Waals surface area contributed by atoms with E-state index in [-0.39, 0.29) is 0 Å². The van der Waals surface area contributed by atoms with Crippen LogP contribution in [0.2, 0.25) is 10.0 Å². The van der Waals surface area contributed by atoms with Crippen molar-refractivity contribution in [2.75, 3.05) is 6.61 Å². The van der Waals surface area contributed by atoms with Crippen LogP contribution in [0.15, 0.2) is 102 Å². The van der Waals surface area contributed by atoms with Crippen molar-refractivity contribution in [3.8, 4) is 23.0 Å². The molecule has 0 aliphatic heterocycles. The molecule has 4 aromatic carbocycles. The van der Waals surface area contributed by atoms with Gasteiger partial charge in [0.25, 0.3) is 0 Å². The smallest absolute Gasteiger partial charge is 0.343 e. The van der Waals surface area contributed by atoms with E-state index in [1.54, 1.807) is 97.1 Å². The number of benzene rings is 4. The van der Waals surface area contributed by atoms with Crippen molar-refractivity contribution >= 4 is 41.3 Å². The van der Waals surface area contributed by atoms with Crippen molar-refractivity contribution in [1.29, 1.82) is 0 Å². The fourth-order valence-electron chi connectivity index (χ4n) is 3.44. The molecule has 4 rings (SSSR count). The molecule has 0 spiro atoms. The lowest BCUT2D eigenvalue weighted by Gasteiger charge is -2.19. The van der Waals surface area contributed by atoms with Gasteiger partial charge in [-0.05, 0) is 109 Å². The Bertz CT molecular complexity index is 1430. The van der Waals surface area contributed by atoms with E-state index in [2.05, 4.69) is 17.5 Å². The zero-order valence-electron chi connectivity index (χ0n) is 22.7. The monoisotopic (exact) mass is 606 g/mol. The van der Waals surface area contributed by atoms with Crippen LogP contribution >= 0.6 is 23.2 Å². The highest BCUT2D eigenvalue weighted by Gasteiger charge is 2.22. The van der Waals surface area contributed by atoms with E-state index in [0.717, 1.165) is 12.8 Å². The Morgan fingerprint density at radius 1 is 0.762 bits per heavy atom. The van der Waals surface area contributed by atoms with Gasteiger partial charge in [0.15, 0.2) is 0 Å². The van der Waals surface area contributed by atoms with Crippen LogP contribution < -0.4 is 24.4 Å². The van der Waals surface area contributed by atoms with Gasteiger partial charge in [-0.25, -0.2) is 10.2 Å². The van der Waals surface area contributed by atoms with Gasteiger partial charge in [0.05, 0.1) is 18.4 Å². The number of halogens is 2. The van der Waals surface area contributed by atoms with E-state index in [4.69, 9.17) is 42.1 Å². The quantitative estimate of drug-likeness (QED) is 0.0427. The summed E-state index contributed by atoms with van der Waals surface area (Å²) in [7, 11) is 0. The number of nitrogens with one attached hydrogen (secondary N) is 1. The molecular formula is C32H28Cl2N2O6. The molecule has 0 aromatic heterocycles. The zero-order chi connectivity index (χ0) is 29.7. The molecule has 0 atom stereocenters. The average Bonchev–Trinajstić information content (AvgIpc) is 3.00. The van der Waals surface area contributed by atoms with Gasteiger partial charge in [0, 0.05) is 10.0 Å². The van der Waals surface area contributed by atoms with Gasteiger partial charge in [-0.2, -0.15) is 5.10 Å². The summed E-state index contributed by atoms with van der Waals surface area (Å²) in [4.78, 5) is 25.4. The summed E-state index contributed by atoms with van der Waals surface area (Å²) in [5, 5.41) is 5.05. The molecule has 0 unspecified atom stereocenters. The molecule has 0 radical (unpaired) electrons. The third kappa shape index (κ3) is 9.54. The van der Waals surface area contributed by atoms with Gasteiger partial charge in [-0.1, -0.05) is 36.5 Å². The van der Waals surface area contributed by atoms with Crippen molar-refractivity contribution < 1.29 is 28.5 Å². The standard InChI is InChI=1S/C32H28Cl2N2O6/c1-2-3-20-39-26-14-6-23(7-15-26)31(38)40-27-12-4-22(5-13-27)21-35-36-30(37)32(41-28-16-8-24(33)9-17-28)42-29-18-10-25(34)11-19-29/h4-19,21,32H,2-3,20H2,1H3,(H,36,37)/b35-21-. The van der Waals surface area contributed by atoms with E-state index in [1.807, 2.05) is 0 Å². The second-order valence-electron chi connectivity index (χ2n) is 8.89. The lowest BCUT2D eigenvalue weighted by Crippen LogP contribution is -2.40. The zero-order valence-corrected chi connectivity index (χ0v) is 24.2. The molecule has 216 valence electrons. The largest absolute Gasteiger partial charge is 0.494 e. The topological polar surface area (TPSA) is 95.5 Å². The number of carbonyl (C=O) groups excluding carboxylic acids is 2. The van der Waals surface area contributed by atoms with Crippen LogP contribution in [0, 0.1) is 0 Å². The van der Waals surface area contributed by atoms with E-state index in [0.29, 0.717) is 50.8 Å². The Morgan fingerprint density at radius 2 is 1.29 bits per heavy atom. The summed E-state index contributed by atoms with van der Waals surface area (Å²) in [6.45, 7) is 2.73. The van der Waals surface area contributed by atoms with E-state index < -0.39 is 18.2 Å². The highest BCUT2D eigenvalue weighted by molar-refractivity contribution is 6.30. The number of amides is 1. The molecule has 4 aromatic rings. The van der Waals surface area contributed by atoms with Crippen LogP contribution in [0.3, 0.4) is 0 Å². The Morgan fingerprint density at radius 3 is 1.83 bits per heavy atom. The van der Waals surface area contributed by atoms with Crippen molar-refractivity contribution in [3.05, 3.63) is 118 Å². The van der Waals surface area contributed by atoms with Gasteiger partial charge < -0.3 is 18.9 Å². The molecule has 1 amide bonds. The third-order valence-corrected chi connectivity index (χ3v) is 6.17. The van der Waals surface area contributed by atoms with Crippen LogP contribution in [0.1, 0.15) is 35.7 Å². The van der Waals surface area contributed by atoms with Crippen LogP contribution in [-0.2, 0) is 4.79 Å². The maximum atomic E-state index is 12.9. The highest BCUT2D eigenvalue weighted by atomic mass is 35.5. The van der Waals surface area contributed by atoms with Gasteiger partial charge in [0.1, 0.15) is 23.0 Å². The molecule has 8 nitrogen and oxygen atoms in total. The van der Waals surface area contributed by atoms with Crippen LogP contribution in [-0.4, -0.2) is 31.0 Å². The fourth-order valence-corrected chi connectivity index (χ4v) is 3.69. The Hall–Kier alpha value is -4.53. The summed E-state index contributed by atoms with van der Waals surface area (Å²) in [5.74, 6) is 0.671. The lowest BCUT2D eigenvalue weighted by atomic mass is 10.2. The maximum Gasteiger partial charge on any atom is 0.343 e. The van der Waals surface area contributed by atoms with Crippen molar-refractivity contribution in [3.63, 3.8) is 0 Å². The molecule has 0 heterocycles. The number of unbranched alkanes of at least 4 members (excludes halogenated alkanes) is 1. The molecule has 0 saturated heterocycles. The number of nitrogens with zero attached hydrogens (tertiary/aromatic N) is 1. The van der Waals surface area contributed by atoms with Gasteiger partial charge in [0.2, 0.25) is 0 Å². The summed E-state index contributed by atoms with van der Waals surface area (Å²) in [6, 6.07) is 26.4. The van der Waals surface area contributed by atoms with Gasteiger partial charge in [-0.3, -0.25) is 4.79 Å². The molecule has 0 bridgehead atoms. The van der Waals surface area contributed by atoms with Crippen LogP contribution in [0.4, 0.5) is 0 Å². The van der Waals surface area contributed by atoms with Gasteiger partial charge in [-0.15, -0.1) is 0 Å². The minimum absolute atomic E-state index is 0.359. The molecule has 0 aliphatic carbocycles. The summed E-state index contributed by atoms with van der Waals surface area (Å²) in [6.07, 6.45) is 2.09.